The standard InChI is InChI=1S/C17H26BNO5/c1-11(2)10-22-15-12(3)8-13(9-14(15)19(20)21)18-23-16(4,5)17(6,7)24-18/h8-9,11H,10H2,1-7H3. The molecule has 1 saturated heterocycles. The molecular weight excluding hydrogens is 309 g/mol. The minimum Gasteiger partial charge on any atom is -0.486 e. The van der Waals surface area contributed by atoms with Gasteiger partial charge >= 0.3 is 12.8 Å². The molecule has 0 N–H and O–H groups in total. The monoisotopic (exact) mass is 335 g/mol. The van der Waals surface area contributed by atoms with Crippen LogP contribution in [0.3, 0.4) is 0 Å². The number of nitrogens with zero attached hydrogens (tertiary/aromatic N) is 1. The topological polar surface area (TPSA) is 70.8 Å². The lowest BCUT2D eigenvalue weighted by Crippen LogP contribution is -2.41. The van der Waals surface area contributed by atoms with Crippen molar-refractivity contribution >= 4 is 18.3 Å². The van der Waals surface area contributed by atoms with Crippen molar-refractivity contribution in [3.05, 3.63) is 27.8 Å². The molecule has 0 amide bonds. The molecule has 6 nitrogen and oxygen atoms in total. The van der Waals surface area contributed by atoms with Gasteiger partial charge in [0, 0.05) is 6.07 Å². The van der Waals surface area contributed by atoms with Crippen molar-refractivity contribution in [2.24, 2.45) is 5.92 Å². The average Bonchev–Trinajstić information content (AvgIpc) is 2.65. The number of hydrogen-bond donors (Lipinski definition) is 0. The molecule has 1 aliphatic heterocycles. The normalized spacial score (nSPS) is 18.9. The number of nitro groups is 1. The van der Waals surface area contributed by atoms with Crippen molar-refractivity contribution in [2.45, 2.75) is 59.7 Å². The number of nitro benzene ring substituents is 1. The lowest BCUT2D eigenvalue weighted by atomic mass is 9.78. The first-order valence-electron chi connectivity index (χ1n) is 8.22. The van der Waals surface area contributed by atoms with E-state index in [1.807, 2.05) is 47.6 Å². The largest absolute Gasteiger partial charge is 0.495 e. The molecule has 1 fully saturated rings. The van der Waals surface area contributed by atoms with Gasteiger partial charge in [0.1, 0.15) is 0 Å². The summed E-state index contributed by atoms with van der Waals surface area (Å²) in [7, 11) is -0.633. The molecule has 2 rings (SSSR count). The van der Waals surface area contributed by atoms with E-state index in [0.717, 1.165) is 0 Å². The van der Waals surface area contributed by atoms with E-state index >= 15 is 0 Å². The number of ether oxygens (including phenoxy) is 1. The van der Waals surface area contributed by atoms with E-state index in [4.69, 9.17) is 14.0 Å². The third-order valence-electron chi connectivity index (χ3n) is 4.56. The molecule has 0 radical (unpaired) electrons. The predicted octanol–water partition coefficient (Wildman–Crippen LogP) is 3.24. The van der Waals surface area contributed by atoms with Crippen LogP contribution in [0, 0.1) is 23.0 Å². The molecule has 0 aliphatic carbocycles. The van der Waals surface area contributed by atoms with Crippen LogP contribution in [-0.2, 0) is 9.31 Å². The molecule has 0 aromatic heterocycles. The lowest BCUT2D eigenvalue weighted by molar-refractivity contribution is -0.385. The minimum atomic E-state index is -0.633. The van der Waals surface area contributed by atoms with Crippen LogP contribution < -0.4 is 10.2 Å². The van der Waals surface area contributed by atoms with E-state index in [2.05, 4.69) is 0 Å². The van der Waals surface area contributed by atoms with Crippen LogP contribution in [0.5, 0.6) is 5.75 Å². The fourth-order valence-corrected chi connectivity index (χ4v) is 2.47. The van der Waals surface area contributed by atoms with Crippen LogP contribution >= 0.6 is 0 Å². The fraction of sp³-hybridized carbons (Fsp3) is 0.647. The van der Waals surface area contributed by atoms with Gasteiger partial charge in [-0.3, -0.25) is 10.1 Å². The smallest absolute Gasteiger partial charge is 0.486 e. The summed E-state index contributed by atoms with van der Waals surface area (Å²) in [5.74, 6) is 0.598. The highest BCUT2D eigenvalue weighted by atomic mass is 16.7. The molecule has 7 heteroatoms. The van der Waals surface area contributed by atoms with Crippen molar-refractivity contribution in [3.8, 4) is 5.75 Å². The summed E-state index contributed by atoms with van der Waals surface area (Å²) in [6.07, 6.45) is 0. The Morgan fingerprint density at radius 3 is 2.21 bits per heavy atom. The van der Waals surface area contributed by atoms with Gasteiger partial charge in [-0.25, -0.2) is 0 Å². The van der Waals surface area contributed by atoms with Gasteiger partial charge < -0.3 is 14.0 Å². The van der Waals surface area contributed by atoms with Crippen LogP contribution in [0.15, 0.2) is 12.1 Å². The van der Waals surface area contributed by atoms with Gasteiger partial charge in [0.05, 0.1) is 22.7 Å². The van der Waals surface area contributed by atoms with E-state index in [0.29, 0.717) is 23.4 Å². The Labute approximate surface area is 143 Å². The maximum Gasteiger partial charge on any atom is 0.495 e. The fourth-order valence-electron chi connectivity index (χ4n) is 2.47. The van der Waals surface area contributed by atoms with Crippen LogP contribution in [0.4, 0.5) is 5.69 Å². The highest BCUT2D eigenvalue weighted by Gasteiger charge is 2.52. The predicted molar refractivity (Wildman–Crippen MR) is 93.9 cm³/mol. The highest BCUT2D eigenvalue weighted by Crippen LogP contribution is 2.37. The molecule has 0 bridgehead atoms. The zero-order chi connectivity index (χ0) is 18.3. The summed E-state index contributed by atoms with van der Waals surface area (Å²) < 4.78 is 17.7. The summed E-state index contributed by atoms with van der Waals surface area (Å²) >= 11 is 0. The summed E-state index contributed by atoms with van der Waals surface area (Å²) in [5, 5.41) is 11.5. The first-order chi connectivity index (χ1) is 10.9. The van der Waals surface area contributed by atoms with Gasteiger partial charge in [-0.05, 0) is 51.6 Å². The second kappa shape index (κ2) is 6.37. The quantitative estimate of drug-likeness (QED) is 0.469. The van der Waals surface area contributed by atoms with Crippen LogP contribution in [0.1, 0.15) is 47.1 Å². The lowest BCUT2D eigenvalue weighted by Gasteiger charge is -2.32. The third kappa shape index (κ3) is 3.57. The number of hydrogen-bond acceptors (Lipinski definition) is 5. The highest BCUT2D eigenvalue weighted by molar-refractivity contribution is 6.62. The first kappa shape index (κ1) is 18.7. The number of rotatable bonds is 5. The second-order valence-corrected chi connectivity index (χ2v) is 7.74. The molecule has 132 valence electrons. The van der Waals surface area contributed by atoms with E-state index in [9.17, 15) is 10.1 Å². The van der Waals surface area contributed by atoms with Gasteiger partial charge in [0.2, 0.25) is 0 Å². The van der Waals surface area contributed by atoms with Crippen LogP contribution in [0.2, 0.25) is 0 Å². The van der Waals surface area contributed by atoms with Crippen LogP contribution in [-0.4, -0.2) is 29.9 Å². The van der Waals surface area contributed by atoms with E-state index in [1.54, 1.807) is 6.92 Å². The Balaban J connectivity index is 2.39. The molecule has 0 atom stereocenters. The van der Waals surface area contributed by atoms with Crippen molar-refractivity contribution in [1.29, 1.82) is 0 Å². The van der Waals surface area contributed by atoms with Crippen molar-refractivity contribution in [2.75, 3.05) is 6.61 Å². The summed E-state index contributed by atoms with van der Waals surface area (Å²) in [6.45, 7) is 14.0. The van der Waals surface area contributed by atoms with Gasteiger partial charge in [-0.2, -0.15) is 0 Å². The molecular formula is C17H26BNO5. The molecule has 0 unspecified atom stereocenters. The van der Waals surface area contributed by atoms with Gasteiger partial charge in [-0.1, -0.05) is 19.9 Å². The first-order valence-corrected chi connectivity index (χ1v) is 8.22. The summed E-state index contributed by atoms with van der Waals surface area (Å²) in [4.78, 5) is 11.1. The summed E-state index contributed by atoms with van der Waals surface area (Å²) in [5.41, 5.74) is 0.296. The zero-order valence-electron chi connectivity index (χ0n) is 15.5. The van der Waals surface area contributed by atoms with Crippen molar-refractivity contribution < 1.29 is 19.0 Å². The summed E-state index contributed by atoms with van der Waals surface area (Å²) in [6, 6.07) is 3.33. The van der Waals surface area contributed by atoms with Crippen molar-refractivity contribution in [1.82, 2.24) is 0 Å². The van der Waals surface area contributed by atoms with E-state index < -0.39 is 23.2 Å². The van der Waals surface area contributed by atoms with E-state index in [1.165, 1.54) is 6.07 Å². The Kier molecular flexibility index (Phi) is 4.97. The number of benzene rings is 1. The van der Waals surface area contributed by atoms with Gasteiger partial charge in [0.15, 0.2) is 5.75 Å². The SMILES string of the molecule is Cc1cc(B2OC(C)(C)C(C)(C)O2)cc([N+](=O)[O-])c1OCC(C)C. The zero-order valence-corrected chi connectivity index (χ0v) is 15.5. The molecule has 1 aliphatic rings. The molecule has 1 heterocycles. The molecule has 0 saturated carbocycles. The Morgan fingerprint density at radius 1 is 1.21 bits per heavy atom. The molecule has 1 aromatic rings. The van der Waals surface area contributed by atoms with E-state index in [-0.39, 0.29) is 11.6 Å². The molecule has 1 aromatic carbocycles. The van der Waals surface area contributed by atoms with Gasteiger partial charge in [0.25, 0.3) is 0 Å². The number of aryl methyl sites for hydroxylation is 1. The maximum absolute atomic E-state index is 11.5. The third-order valence-corrected chi connectivity index (χ3v) is 4.56. The molecule has 24 heavy (non-hydrogen) atoms. The van der Waals surface area contributed by atoms with Gasteiger partial charge in [-0.15, -0.1) is 0 Å². The maximum atomic E-state index is 11.5. The Hall–Kier alpha value is -1.60. The Morgan fingerprint density at radius 2 is 1.75 bits per heavy atom. The minimum absolute atomic E-state index is 0.0552. The van der Waals surface area contributed by atoms with Crippen LogP contribution in [0.25, 0.3) is 0 Å². The molecule has 0 spiro atoms. The average molecular weight is 335 g/mol. The Bertz CT molecular complexity index is 626. The van der Waals surface area contributed by atoms with Crippen molar-refractivity contribution in [3.63, 3.8) is 0 Å². The second-order valence-electron chi connectivity index (χ2n) is 7.74.